The van der Waals surface area contributed by atoms with Crippen LogP contribution in [-0.2, 0) is 0 Å². The van der Waals surface area contributed by atoms with Gasteiger partial charge in [0.2, 0.25) is 5.88 Å². The van der Waals surface area contributed by atoms with Crippen molar-refractivity contribution in [2.45, 2.75) is 0 Å². The number of primary amides is 1. The maximum Gasteiger partial charge on any atom is 0.410 e. The summed E-state index contributed by atoms with van der Waals surface area (Å²) in [5.41, 5.74) is 4.79. The molecule has 0 saturated carbocycles. The van der Waals surface area contributed by atoms with Gasteiger partial charge in [0.15, 0.2) is 5.75 Å². The molecule has 1 heterocycles. The van der Waals surface area contributed by atoms with E-state index in [1.54, 1.807) is 0 Å². The molecule has 0 radical (unpaired) electrons. The Bertz CT molecular complexity index is 299. The Labute approximate surface area is 80.3 Å². The zero-order chi connectivity index (χ0) is 10.4. The predicted octanol–water partition coefficient (Wildman–Crippen LogP) is -0.0898. The zero-order valence-electron chi connectivity index (χ0n) is 7.34. The van der Waals surface area contributed by atoms with Gasteiger partial charge in [-0.25, -0.2) is 9.78 Å². The molecule has 0 spiro atoms. The lowest BCUT2D eigenvalue weighted by Gasteiger charge is -2.03. The lowest BCUT2D eigenvalue weighted by Crippen LogP contribution is -2.16. The van der Waals surface area contributed by atoms with Gasteiger partial charge >= 0.3 is 6.09 Å². The fourth-order valence-corrected chi connectivity index (χ4v) is 0.779. The summed E-state index contributed by atoms with van der Waals surface area (Å²) in [6.07, 6.45) is 0.410. The van der Waals surface area contributed by atoms with E-state index in [0.29, 0.717) is 5.88 Å². The number of rotatable bonds is 4. The Balaban J connectivity index is 2.54. The van der Waals surface area contributed by atoms with E-state index in [4.69, 9.17) is 15.6 Å². The molecule has 0 aliphatic carbocycles. The second-order valence-electron chi connectivity index (χ2n) is 2.33. The van der Waals surface area contributed by atoms with Crippen molar-refractivity contribution in [1.82, 2.24) is 4.98 Å². The molecule has 1 aromatic heterocycles. The second kappa shape index (κ2) is 5.03. The van der Waals surface area contributed by atoms with Gasteiger partial charge in [-0.2, -0.15) is 0 Å². The number of amides is 1. The van der Waals surface area contributed by atoms with Crippen LogP contribution in [0.15, 0.2) is 18.3 Å². The average molecular weight is 198 g/mol. The summed E-state index contributed by atoms with van der Waals surface area (Å²) in [4.78, 5) is 14.1. The van der Waals surface area contributed by atoms with Crippen LogP contribution in [-0.4, -0.2) is 29.4 Å². The number of ether oxygens (including phenoxy) is 2. The number of hydrogen-bond donors (Lipinski definition) is 2. The molecule has 0 aromatic carbocycles. The molecule has 0 aliphatic heterocycles. The van der Waals surface area contributed by atoms with Crippen LogP contribution in [0.2, 0.25) is 0 Å². The van der Waals surface area contributed by atoms with E-state index in [-0.39, 0.29) is 19.0 Å². The SMILES string of the molecule is NC(=O)Oc1ccc(OCCO)nc1. The second-order valence-corrected chi connectivity index (χ2v) is 2.33. The molecule has 76 valence electrons. The van der Waals surface area contributed by atoms with E-state index in [1.165, 1.54) is 18.3 Å². The summed E-state index contributed by atoms with van der Waals surface area (Å²) in [6, 6.07) is 3.00. The smallest absolute Gasteiger partial charge is 0.410 e. The summed E-state index contributed by atoms with van der Waals surface area (Å²) in [6.45, 7) is 0.0875. The first-order valence-electron chi connectivity index (χ1n) is 3.89. The van der Waals surface area contributed by atoms with Gasteiger partial charge in [-0.05, 0) is 6.07 Å². The molecule has 0 aliphatic rings. The number of nitrogens with zero attached hydrogens (tertiary/aromatic N) is 1. The van der Waals surface area contributed by atoms with E-state index in [0.717, 1.165) is 0 Å². The molecular weight excluding hydrogens is 188 g/mol. The van der Waals surface area contributed by atoms with Crippen LogP contribution in [0.1, 0.15) is 0 Å². The normalized spacial score (nSPS) is 9.50. The van der Waals surface area contributed by atoms with Gasteiger partial charge in [-0.15, -0.1) is 0 Å². The van der Waals surface area contributed by atoms with Crippen molar-refractivity contribution in [3.63, 3.8) is 0 Å². The number of pyridine rings is 1. The Kier molecular flexibility index (Phi) is 3.69. The summed E-state index contributed by atoms with van der Waals surface area (Å²) >= 11 is 0. The minimum atomic E-state index is -0.893. The van der Waals surface area contributed by atoms with Crippen molar-refractivity contribution in [2.24, 2.45) is 5.73 Å². The first-order chi connectivity index (χ1) is 6.72. The first kappa shape index (κ1) is 10.3. The number of hydrogen-bond acceptors (Lipinski definition) is 5. The minimum Gasteiger partial charge on any atom is -0.475 e. The highest BCUT2D eigenvalue weighted by atomic mass is 16.5. The first-order valence-corrected chi connectivity index (χ1v) is 3.89. The summed E-state index contributed by atoms with van der Waals surface area (Å²) in [7, 11) is 0. The Hall–Kier alpha value is -1.82. The van der Waals surface area contributed by atoms with Crippen molar-refractivity contribution >= 4 is 6.09 Å². The zero-order valence-corrected chi connectivity index (χ0v) is 7.34. The van der Waals surface area contributed by atoms with Gasteiger partial charge in [0.25, 0.3) is 0 Å². The standard InChI is InChI=1S/C8H10N2O4/c9-8(12)14-6-1-2-7(10-5-6)13-4-3-11/h1-2,5,11H,3-4H2,(H2,9,12). The molecule has 1 amide bonds. The van der Waals surface area contributed by atoms with Gasteiger partial charge in [-0.3, -0.25) is 0 Å². The van der Waals surface area contributed by atoms with Gasteiger partial charge in [0.05, 0.1) is 12.8 Å². The predicted molar refractivity (Wildman–Crippen MR) is 47.0 cm³/mol. The molecular formula is C8H10N2O4. The number of carbonyl (C=O) groups is 1. The van der Waals surface area contributed by atoms with E-state index in [1.807, 2.05) is 0 Å². The van der Waals surface area contributed by atoms with Crippen LogP contribution in [0.25, 0.3) is 0 Å². The maximum absolute atomic E-state index is 10.3. The molecule has 1 rings (SSSR count). The highest BCUT2D eigenvalue weighted by Crippen LogP contribution is 2.13. The molecule has 0 fully saturated rings. The number of carbonyl (C=O) groups excluding carboxylic acids is 1. The molecule has 0 unspecified atom stereocenters. The fraction of sp³-hybridized carbons (Fsp3) is 0.250. The van der Waals surface area contributed by atoms with E-state index >= 15 is 0 Å². The van der Waals surface area contributed by atoms with Gasteiger partial charge in [0.1, 0.15) is 6.61 Å². The van der Waals surface area contributed by atoms with Gasteiger partial charge in [-0.1, -0.05) is 0 Å². The van der Waals surface area contributed by atoms with Crippen LogP contribution in [0.5, 0.6) is 11.6 Å². The molecule has 6 nitrogen and oxygen atoms in total. The number of aliphatic hydroxyl groups is 1. The molecule has 6 heteroatoms. The third-order valence-corrected chi connectivity index (χ3v) is 1.27. The van der Waals surface area contributed by atoms with E-state index in [2.05, 4.69) is 9.72 Å². The van der Waals surface area contributed by atoms with Gasteiger partial charge in [0, 0.05) is 6.07 Å². The van der Waals surface area contributed by atoms with Crippen LogP contribution in [0, 0.1) is 0 Å². The van der Waals surface area contributed by atoms with Crippen LogP contribution in [0.3, 0.4) is 0 Å². The molecule has 0 bridgehead atoms. The van der Waals surface area contributed by atoms with Crippen molar-refractivity contribution in [2.75, 3.05) is 13.2 Å². The average Bonchev–Trinajstić information content (AvgIpc) is 2.16. The lowest BCUT2D eigenvalue weighted by molar-refractivity contribution is 0.196. The largest absolute Gasteiger partial charge is 0.475 e. The molecule has 14 heavy (non-hydrogen) atoms. The van der Waals surface area contributed by atoms with E-state index in [9.17, 15) is 4.79 Å². The topological polar surface area (TPSA) is 94.7 Å². The quantitative estimate of drug-likeness (QED) is 0.705. The summed E-state index contributed by atoms with van der Waals surface area (Å²) in [5.74, 6) is 0.588. The van der Waals surface area contributed by atoms with Gasteiger partial charge < -0.3 is 20.3 Å². The highest BCUT2D eigenvalue weighted by Gasteiger charge is 2.00. The Morgan fingerprint density at radius 2 is 2.36 bits per heavy atom. The highest BCUT2D eigenvalue weighted by molar-refractivity contribution is 5.67. The Morgan fingerprint density at radius 1 is 1.57 bits per heavy atom. The monoisotopic (exact) mass is 198 g/mol. The van der Waals surface area contributed by atoms with E-state index < -0.39 is 6.09 Å². The minimum absolute atomic E-state index is 0.0821. The number of aliphatic hydroxyl groups excluding tert-OH is 1. The number of nitrogens with two attached hydrogens (primary N) is 1. The van der Waals surface area contributed by atoms with Crippen molar-refractivity contribution in [3.05, 3.63) is 18.3 Å². The van der Waals surface area contributed by atoms with Crippen molar-refractivity contribution in [1.29, 1.82) is 0 Å². The van der Waals surface area contributed by atoms with Crippen LogP contribution >= 0.6 is 0 Å². The maximum atomic E-state index is 10.3. The molecule has 1 aromatic rings. The lowest BCUT2D eigenvalue weighted by atomic mass is 10.4. The Morgan fingerprint density at radius 3 is 2.86 bits per heavy atom. The molecule has 0 atom stereocenters. The fourth-order valence-electron chi connectivity index (χ4n) is 0.779. The third-order valence-electron chi connectivity index (χ3n) is 1.27. The molecule has 0 saturated heterocycles. The third kappa shape index (κ3) is 3.28. The van der Waals surface area contributed by atoms with Crippen molar-refractivity contribution < 1.29 is 19.4 Å². The van der Waals surface area contributed by atoms with Crippen LogP contribution in [0.4, 0.5) is 4.79 Å². The summed E-state index contributed by atoms with van der Waals surface area (Å²) in [5, 5.41) is 8.46. The summed E-state index contributed by atoms with van der Waals surface area (Å²) < 4.78 is 9.53. The van der Waals surface area contributed by atoms with Crippen LogP contribution < -0.4 is 15.2 Å². The van der Waals surface area contributed by atoms with Crippen molar-refractivity contribution in [3.8, 4) is 11.6 Å². The number of aromatic nitrogens is 1. The molecule has 3 N–H and O–H groups in total.